The minimum absolute atomic E-state index is 0.287. The van der Waals surface area contributed by atoms with E-state index in [0.717, 1.165) is 26.2 Å². The number of hydrogen-bond acceptors (Lipinski definition) is 7. The van der Waals surface area contributed by atoms with E-state index in [4.69, 9.17) is 20.9 Å². The number of ether oxygens (including phenoxy) is 1. The number of halogens is 1. The number of methoxy groups -OCH3 is 1. The van der Waals surface area contributed by atoms with Crippen molar-refractivity contribution in [3.8, 4) is 11.3 Å². The standard InChI is InChI=1S/C19H24ClN3O4/c1-22-7-9-23(10-8-22)12-14(19(25)26-2)18(24)16-11-17(27-21-16)13-5-3-4-6-15(13)20/h3-6,11,14,18,24H,7-10,12H2,1-2H3/t14-,18-/m1/s1. The zero-order valence-electron chi connectivity index (χ0n) is 15.5. The molecule has 0 saturated carbocycles. The van der Waals surface area contributed by atoms with Crippen LogP contribution < -0.4 is 0 Å². The highest BCUT2D eigenvalue weighted by Gasteiger charge is 2.34. The van der Waals surface area contributed by atoms with E-state index in [2.05, 4.69) is 22.0 Å². The molecular weight excluding hydrogens is 370 g/mol. The topological polar surface area (TPSA) is 79.0 Å². The molecule has 1 aromatic heterocycles. The van der Waals surface area contributed by atoms with Crippen molar-refractivity contribution in [2.24, 2.45) is 5.92 Å². The van der Waals surface area contributed by atoms with Gasteiger partial charge in [0.15, 0.2) is 5.76 Å². The quantitative estimate of drug-likeness (QED) is 0.752. The predicted molar refractivity (Wildman–Crippen MR) is 101 cm³/mol. The van der Waals surface area contributed by atoms with Gasteiger partial charge in [-0.3, -0.25) is 9.69 Å². The van der Waals surface area contributed by atoms with Crippen LogP contribution in [0.1, 0.15) is 11.8 Å². The van der Waals surface area contributed by atoms with E-state index in [-0.39, 0.29) is 5.69 Å². The van der Waals surface area contributed by atoms with Crippen LogP contribution in [-0.2, 0) is 9.53 Å². The molecule has 1 fully saturated rings. The SMILES string of the molecule is COC(=O)[C@H](CN1CCN(C)CC1)[C@@H](O)c1cc(-c2ccccc2Cl)on1. The Balaban J connectivity index is 1.77. The van der Waals surface area contributed by atoms with Crippen LogP contribution in [0.2, 0.25) is 5.02 Å². The molecule has 1 N–H and O–H groups in total. The molecule has 8 heteroatoms. The van der Waals surface area contributed by atoms with E-state index in [1.54, 1.807) is 18.2 Å². The van der Waals surface area contributed by atoms with Crippen LogP contribution in [0.25, 0.3) is 11.3 Å². The Labute approximate surface area is 163 Å². The van der Waals surface area contributed by atoms with Gasteiger partial charge in [-0.05, 0) is 19.2 Å². The van der Waals surface area contributed by atoms with E-state index < -0.39 is 18.0 Å². The number of hydrogen-bond donors (Lipinski definition) is 1. The summed E-state index contributed by atoms with van der Waals surface area (Å²) in [7, 11) is 3.39. The second kappa shape index (κ2) is 8.84. The van der Waals surface area contributed by atoms with E-state index in [1.807, 2.05) is 12.1 Å². The van der Waals surface area contributed by atoms with Gasteiger partial charge in [0.25, 0.3) is 0 Å². The normalized spacial score (nSPS) is 18.2. The molecule has 3 rings (SSSR count). The molecule has 27 heavy (non-hydrogen) atoms. The summed E-state index contributed by atoms with van der Waals surface area (Å²) in [6, 6.07) is 8.83. The molecule has 0 amide bonds. The number of benzene rings is 1. The monoisotopic (exact) mass is 393 g/mol. The Bertz CT molecular complexity index is 774. The maximum atomic E-state index is 12.3. The zero-order valence-corrected chi connectivity index (χ0v) is 16.2. The highest BCUT2D eigenvalue weighted by atomic mass is 35.5. The largest absolute Gasteiger partial charge is 0.469 e. The second-order valence-electron chi connectivity index (χ2n) is 6.77. The number of likely N-dealkylation sites (N-methyl/N-ethyl adjacent to an activating group) is 1. The van der Waals surface area contributed by atoms with Gasteiger partial charge in [0.05, 0.1) is 12.1 Å². The summed E-state index contributed by atoms with van der Waals surface area (Å²) < 4.78 is 10.3. The fraction of sp³-hybridized carbons (Fsp3) is 0.474. The Morgan fingerprint density at radius 3 is 2.70 bits per heavy atom. The van der Waals surface area contributed by atoms with E-state index in [9.17, 15) is 9.90 Å². The molecule has 0 radical (unpaired) electrons. The van der Waals surface area contributed by atoms with E-state index in [1.165, 1.54) is 7.11 Å². The first-order valence-electron chi connectivity index (χ1n) is 8.88. The number of carbonyl (C=O) groups is 1. The minimum atomic E-state index is -1.13. The minimum Gasteiger partial charge on any atom is -0.469 e. The van der Waals surface area contributed by atoms with E-state index >= 15 is 0 Å². The number of nitrogens with zero attached hydrogens (tertiary/aromatic N) is 3. The van der Waals surface area contributed by atoms with E-state index in [0.29, 0.717) is 22.9 Å². The summed E-state index contributed by atoms with van der Waals surface area (Å²) in [5.74, 6) is -0.774. The fourth-order valence-corrected chi connectivity index (χ4v) is 3.41. The van der Waals surface area contributed by atoms with Crippen LogP contribution in [-0.4, -0.2) is 72.9 Å². The summed E-state index contributed by atoms with van der Waals surface area (Å²) >= 11 is 6.19. The molecule has 0 spiro atoms. The molecule has 2 aromatic rings. The maximum Gasteiger partial charge on any atom is 0.313 e. The van der Waals surface area contributed by atoms with Gasteiger partial charge < -0.3 is 19.3 Å². The third-order valence-corrected chi connectivity index (χ3v) is 5.24. The summed E-state index contributed by atoms with van der Waals surface area (Å²) in [5, 5.41) is 15.3. The Morgan fingerprint density at radius 1 is 1.33 bits per heavy atom. The lowest BCUT2D eigenvalue weighted by molar-refractivity contribution is -0.151. The average molecular weight is 394 g/mol. The van der Waals surface area contributed by atoms with Gasteiger partial charge in [0, 0.05) is 44.4 Å². The highest BCUT2D eigenvalue weighted by Crippen LogP contribution is 2.31. The van der Waals surface area contributed by atoms with Crippen molar-refractivity contribution < 1.29 is 19.2 Å². The number of piperazine rings is 1. The van der Waals surface area contributed by atoms with Gasteiger partial charge in [-0.15, -0.1) is 0 Å². The predicted octanol–water partition coefficient (Wildman–Crippen LogP) is 2.07. The Hall–Kier alpha value is -1.93. The summed E-state index contributed by atoms with van der Waals surface area (Å²) in [6.07, 6.45) is -1.13. The Kier molecular flexibility index (Phi) is 6.49. The van der Waals surface area contributed by atoms with Gasteiger partial charge in [-0.1, -0.05) is 28.9 Å². The van der Waals surface area contributed by atoms with Crippen LogP contribution >= 0.6 is 11.6 Å². The zero-order chi connectivity index (χ0) is 19.4. The molecular formula is C19H24ClN3O4. The van der Waals surface area contributed by atoms with Crippen molar-refractivity contribution >= 4 is 17.6 Å². The lowest BCUT2D eigenvalue weighted by Gasteiger charge is -2.34. The van der Waals surface area contributed by atoms with Crippen molar-refractivity contribution in [1.82, 2.24) is 15.0 Å². The number of aliphatic hydroxyl groups is 1. The van der Waals surface area contributed by atoms with Gasteiger partial charge >= 0.3 is 5.97 Å². The van der Waals surface area contributed by atoms with Crippen molar-refractivity contribution in [2.45, 2.75) is 6.10 Å². The number of rotatable bonds is 6. The number of aliphatic hydroxyl groups excluding tert-OH is 1. The van der Waals surface area contributed by atoms with Crippen LogP contribution in [0.3, 0.4) is 0 Å². The van der Waals surface area contributed by atoms with Crippen LogP contribution in [0.5, 0.6) is 0 Å². The fourth-order valence-electron chi connectivity index (χ4n) is 3.19. The summed E-state index contributed by atoms with van der Waals surface area (Å²) in [5.41, 5.74) is 0.966. The lowest BCUT2D eigenvalue weighted by Crippen LogP contribution is -2.48. The molecule has 146 valence electrons. The van der Waals surface area contributed by atoms with Crippen molar-refractivity contribution in [1.29, 1.82) is 0 Å². The number of carbonyl (C=O) groups excluding carboxylic acids is 1. The first-order chi connectivity index (χ1) is 13.0. The lowest BCUT2D eigenvalue weighted by atomic mass is 9.98. The third-order valence-electron chi connectivity index (χ3n) is 4.91. The second-order valence-corrected chi connectivity index (χ2v) is 7.18. The molecule has 1 aliphatic heterocycles. The van der Waals surface area contributed by atoms with Crippen molar-refractivity contribution in [2.75, 3.05) is 46.9 Å². The van der Waals surface area contributed by atoms with Crippen LogP contribution in [0.4, 0.5) is 0 Å². The molecule has 7 nitrogen and oxygen atoms in total. The Morgan fingerprint density at radius 2 is 2.04 bits per heavy atom. The molecule has 0 unspecified atom stereocenters. The smallest absolute Gasteiger partial charge is 0.313 e. The van der Waals surface area contributed by atoms with Crippen LogP contribution in [0.15, 0.2) is 34.9 Å². The van der Waals surface area contributed by atoms with Crippen molar-refractivity contribution in [3.63, 3.8) is 0 Å². The molecule has 1 aliphatic rings. The third kappa shape index (κ3) is 4.68. The maximum absolute atomic E-state index is 12.3. The molecule has 0 bridgehead atoms. The first-order valence-corrected chi connectivity index (χ1v) is 9.25. The molecule has 1 saturated heterocycles. The number of aromatic nitrogens is 1. The van der Waals surface area contributed by atoms with Gasteiger partial charge in [-0.2, -0.15) is 0 Å². The van der Waals surface area contributed by atoms with Crippen LogP contribution in [0, 0.1) is 5.92 Å². The first kappa shape index (κ1) is 19.8. The molecule has 0 aliphatic carbocycles. The summed E-state index contributed by atoms with van der Waals surface area (Å²) in [4.78, 5) is 16.7. The van der Waals surface area contributed by atoms with Gasteiger partial charge in [-0.25, -0.2) is 0 Å². The molecule has 2 atom stereocenters. The van der Waals surface area contributed by atoms with Gasteiger partial charge in [0.2, 0.25) is 0 Å². The summed E-state index contributed by atoms with van der Waals surface area (Å²) in [6.45, 7) is 3.91. The number of esters is 1. The molecule has 2 heterocycles. The van der Waals surface area contributed by atoms with Gasteiger partial charge in [0.1, 0.15) is 17.7 Å². The average Bonchev–Trinajstić information content (AvgIpc) is 3.16. The molecule has 1 aromatic carbocycles. The highest BCUT2D eigenvalue weighted by molar-refractivity contribution is 6.33. The van der Waals surface area contributed by atoms with Crippen molar-refractivity contribution in [3.05, 3.63) is 41.0 Å².